The van der Waals surface area contributed by atoms with E-state index >= 15 is 0 Å². The predicted octanol–water partition coefficient (Wildman–Crippen LogP) is 2.02. The maximum atomic E-state index is 12.8. The molecular weight excluding hydrogens is 394 g/mol. The van der Waals surface area contributed by atoms with Crippen LogP contribution in [0, 0.1) is 0 Å². The molecular formula is C22H23N7O2. The van der Waals surface area contributed by atoms with Crippen molar-refractivity contribution in [3.8, 4) is 5.88 Å². The molecule has 1 saturated heterocycles. The second-order valence-electron chi connectivity index (χ2n) is 7.45. The molecule has 0 atom stereocenters. The number of pyridine rings is 1. The Hall–Kier alpha value is -3.72. The van der Waals surface area contributed by atoms with Crippen LogP contribution in [0.5, 0.6) is 5.88 Å². The standard InChI is InChI=1S/C22H23N7O2/c30-21-19-13-25-22(26-17-1-3-18(4-2-17)28-11-9-24-10-12-28)27-20(19)31-15-29(21)14-16-5-7-23-8-6-16/h1-8,13,24H,9-12,14-15H2,(H,25,26,27). The molecule has 0 spiro atoms. The Labute approximate surface area is 180 Å². The number of fused-ring (bicyclic) bond motifs is 1. The fraction of sp³-hybridized carbons (Fsp3) is 0.273. The minimum absolute atomic E-state index is 0.143. The molecule has 0 aliphatic carbocycles. The molecule has 31 heavy (non-hydrogen) atoms. The SMILES string of the molecule is O=C1c2cnc(Nc3ccc(N4CCNCC4)cc3)nc2OCN1Cc1ccncc1. The largest absolute Gasteiger partial charge is 0.455 e. The quantitative estimate of drug-likeness (QED) is 0.651. The van der Waals surface area contributed by atoms with Crippen molar-refractivity contribution < 1.29 is 9.53 Å². The van der Waals surface area contributed by atoms with Crippen molar-refractivity contribution in [2.24, 2.45) is 0 Å². The summed E-state index contributed by atoms with van der Waals surface area (Å²) in [4.78, 5) is 29.5. The molecule has 5 rings (SSSR count). The van der Waals surface area contributed by atoms with Gasteiger partial charge in [0.15, 0.2) is 6.73 Å². The van der Waals surface area contributed by atoms with E-state index in [0.717, 1.165) is 37.4 Å². The summed E-state index contributed by atoms with van der Waals surface area (Å²) in [6.07, 6.45) is 4.92. The molecule has 3 aromatic rings. The van der Waals surface area contributed by atoms with Gasteiger partial charge in [-0.3, -0.25) is 9.78 Å². The van der Waals surface area contributed by atoms with Crippen molar-refractivity contribution in [3.05, 3.63) is 66.1 Å². The average molecular weight is 417 g/mol. The van der Waals surface area contributed by atoms with E-state index in [0.29, 0.717) is 23.9 Å². The van der Waals surface area contributed by atoms with Gasteiger partial charge >= 0.3 is 0 Å². The summed E-state index contributed by atoms with van der Waals surface area (Å²) in [5.74, 6) is 0.542. The van der Waals surface area contributed by atoms with E-state index in [1.54, 1.807) is 17.3 Å². The molecule has 1 amide bonds. The molecule has 1 aromatic carbocycles. The van der Waals surface area contributed by atoms with Crippen LogP contribution in [0.15, 0.2) is 55.0 Å². The molecule has 2 aliphatic heterocycles. The van der Waals surface area contributed by atoms with Gasteiger partial charge in [0.25, 0.3) is 5.91 Å². The molecule has 158 valence electrons. The molecule has 0 unspecified atom stereocenters. The maximum absolute atomic E-state index is 12.8. The summed E-state index contributed by atoms with van der Waals surface area (Å²) in [5.41, 5.74) is 3.42. The van der Waals surface area contributed by atoms with Crippen LogP contribution in [-0.4, -0.2) is 58.7 Å². The topological polar surface area (TPSA) is 95.5 Å². The third kappa shape index (κ3) is 4.26. The van der Waals surface area contributed by atoms with Crippen molar-refractivity contribution in [2.45, 2.75) is 6.54 Å². The summed E-state index contributed by atoms with van der Waals surface area (Å²) < 4.78 is 5.74. The molecule has 1 fully saturated rings. The van der Waals surface area contributed by atoms with Gasteiger partial charge in [-0.1, -0.05) is 0 Å². The van der Waals surface area contributed by atoms with Crippen LogP contribution < -0.4 is 20.3 Å². The van der Waals surface area contributed by atoms with E-state index in [9.17, 15) is 4.79 Å². The monoisotopic (exact) mass is 417 g/mol. The first-order valence-corrected chi connectivity index (χ1v) is 10.3. The van der Waals surface area contributed by atoms with Gasteiger partial charge < -0.3 is 25.2 Å². The molecule has 9 nitrogen and oxygen atoms in total. The number of ether oxygens (including phenoxy) is 1. The number of nitrogens with one attached hydrogen (secondary N) is 2. The van der Waals surface area contributed by atoms with Gasteiger partial charge in [0.05, 0.1) is 0 Å². The first-order chi connectivity index (χ1) is 15.3. The Bertz CT molecular complexity index is 1050. The second kappa shape index (κ2) is 8.57. The Morgan fingerprint density at radius 3 is 2.61 bits per heavy atom. The molecule has 2 aliphatic rings. The van der Waals surface area contributed by atoms with E-state index in [1.165, 1.54) is 11.9 Å². The Balaban J connectivity index is 1.26. The van der Waals surface area contributed by atoms with Crippen LogP contribution in [0.2, 0.25) is 0 Å². The minimum Gasteiger partial charge on any atom is -0.455 e. The predicted molar refractivity (Wildman–Crippen MR) is 116 cm³/mol. The zero-order chi connectivity index (χ0) is 21.0. The van der Waals surface area contributed by atoms with E-state index < -0.39 is 0 Å². The summed E-state index contributed by atoms with van der Waals surface area (Å²) in [7, 11) is 0. The number of amides is 1. The smallest absolute Gasteiger partial charge is 0.263 e. The number of nitrogens with zero attached hydrogens (tertiary/aromatic N) is 5. The highest BCUT2D eigenvalue weighted by molar-refractivity contribution is 5.97. The third-order valence-electron chi connectivity index (χ3n) is 5.36. The van der Waals surface area contributed by atoms with Crippen LogP contribution >= 0.6 is 0 Å². The van der Waals surface area contributed by atoms with Gasteiger partial charge in [-0.2, -0.15) is 4.98 Å². The van der Waals surface area contributed by atoms with Gasteiger partial charge in [0, 0.05) is 62.7 Å². The number of rotatable bonds is 5. The molecule has 2 N–H and O–H groups in total. The van der Waals surface area contributed by atoms with Crippen LogP contribution in [0.3, 0.4) is 0 Å². The first kappa shape index (κ1) is 19.3. The third-order valence-corrected chi connectivity index (χ3v) is 5.36. The van der Waals surface area contributed by atoms with Crippen molar-refractivity contribution in [1.82, 2.24) is 25.2 Å². The van der Waals surface area contributed by atoms with Crippen LogP contribution in [0.25, 0.3) is 0 Å². The molecule has 0 bridgehead atoms. The highest BCUT2D eigenvalue weighted by atomic mass is 16.5. The Kier molecular flexibility index (Phi) is 5.32. The van der Waals surface area contributed by atoms with Crippen molar-refractivity contribution in [2.75, 3.05) is 43.1 Å². The number of piperazine rings is 1. The van der Waals surface area contributed by atoms with Gasteiger partial charge in [0.1, 0.15) is 5.56 Å². The summed E-state index contributed by atoms with van der Waals surface area (Å²) in [6.45, 7) is 4.60. The summed E-state index contributed by atoms with van der Waals surface area (Å²) in [5, 5.41) is 6.54. The lowest BCUT2D eigenvalue weighted by Gasteiger charge is -2.29. The number of anilines is 3. The lowest BCUT2D eigenvalue weighted by molar-refractivity contribution is 0.0484. The van der Waals surface area contributed by atoms with Crippen LogP contribution in [0.1, 0.15) is 15.9 Å². The number of hydrogen-bond donors (Lipinski definition) is 2. The number of carbonyl (C=O) groups is 1. The fourth-order valence-corrected chi connectivity index (χ4v) is 3.68. The molecule has 4 heterocycles. The van der Waals surface area contributed by atoms with Gasteiger partial charge in [-0.25, -0.2) is 4.98 Å². The molecule has 0 radical (unpaired) electrons. The number of benzene rings is 1. The normalized spacial score (nSPS) is 15.9. The highest BCUT2D eigenvalue weighted by Crippen LogP contribution is 2.26. The van der Waals surface area contributed by atoms with E-state index in [-0.39, 0.29) is 12.6 Å². The van der Waals surface area contributed by atoms with Gasteiger partial charge in [0.2, 0.25) is 11.8 Å². The van der Waals surface area contributed by atoms with E-state index in [1.807, 2.05) is 24.3 Å². The Morgan fingerprint density at radius 1 is 1.06 bits per heavy atom. The zero-order valence-electron chi connectivity index (χ0n) is 17.0. The van der Waals surface area contributed by atoms with Crippen LogP contribution in [-0.2, 0) is 6.54 Å². The first-order valence-electron chi connectivity index (χ1n) is 10.3. The lowest BCUT2D eigenvalue weighted by atomic mass is 10.2. The van der Waals surface area contributed by atoms with Crippen molar-refractivity contribution in [1.29, 1.82) is 0 Å². The van der Waals surface area contributed by atoms with E-state index in [2.05, 4.69) is 42.6 Å². The Morgan fingerprint density at radius 2 is 1.84 bits per heavy atom. The average Bonchev–Trinajstić information content (AvgIpc) is 2.83. The second-order valence-corrected chi connectivity index (χ2v) is 7.45. The molecule has 0 saturated carbocycles. The zero-order valence-corrected chi connectivity index (χ0v) is 17.0. The fourth-order valence-electron chi connectivity index (χ4n) is 3.68. The van der Waals surface area contributed by atoms with Crippen LogP contribution in [0.4, 0.5) is 17.3 Å². The summed E-state index contributed by atoms with van der Waals surface area (Å²) in [6, 6.07) is 11.9. The van der Waals surface area contributed by atoms with Crippen molar-refractivity contribution >= 4 is 23.2 Å². The highest BCUT2D eigenvalue weighted by Gasteiger charge is 2.27. The van der Waals surface area contributed by atoms with Gasteiger partial charge in [-0.15, -0.1) is 0 Å². The molecule has 2 aromatic heterocycles. The summed E-state index contributed by atoms with van der Waals surface area (Å²) >= 11 is 0. The number of aromatic nitrogens is 3. The number of carbonyl (C=O) groups excluding carboxylic acids is 1. The number of hydrogen-bond acceptors (Lipinski definition) is 8. The maximum Gasteiger partial charge on any atom is 0.263 e. The lowest BCUT2D eigenvalue weighted by Crippen LogP contribution is -2.43. The van der Waals surface area contributed by atoms with Crippen molar-refractivity contribution in [3.63, 3.8) is 0 Å². The minimum atomic E-state index is -0.148. The molecule has 9 heteroatoms. The van der Waals surface area contributed by atoms with E-state index in [4.69, 9.17) is 4.74 Å². The van der Waals surface area contributed by atoms with Gasteiger partial charge in [-0.05, 0) is 42.0 Å².